The first-order chi connectivity index (χ1) is 23.7. The molecule has 4 aromatic rings. The Bertz CT molecular complexity index is 2010. The van der Waals surface area contributed by atoms with Gasteiger partial charge in [0.2, 0.25) is 16.0 Å². The smallest absolute Gasteiger partial charge is 0.379 e. The lowest BCUT2D eigenvalue weighted by Gasteiger charge is -2.37. The van der Waals surface area contributed by atoms with Gasteiger partial charge in [-0.15, -0.1) is 11.3 Å². The molecule has 0 spiro atoms. The molecule has 0 aliphatic carbocycles. The molecule has 2 aliphatic rings. The number of fused-ring (bicyclic) bond motifs is 2. The number of hydrogen-bond acceptors (Lipinski definition) is 11. The topological polar surface area (TPSA) is 143 Å². The van der Waals surface area contributed by atoms with Crippen molar-refractivity contribution in [3.63, 3.8) is 0 Å². The maximum absolute atomic E-state index is 13.2. The average Bonchev–Trinajstić information content (AvgIpc) is 3.67. The number of aliphatic hydroxyl groups excluding tert-OH is 1. The lowest BCUT2D eigenvalue weighted by atomic mass is 10.0. The third-order valence-corrected chi connectivity index (χ3v) is 12.3. The summed E-state index contributed by atoms with van der Waals surface area (Å²) in [5.74, 6) is 0.729. The number of aromatic nitrogens is 3. The maximum atomic E-state index is 13.2. The van der Waals surface area contributed by atoms with E-state index in [2.05, 4.69) is 67.0 Å². The molecule has 6 rings (SSSR count). The first kappa shape index (κ1) is 36.3. The number of nitriles is 1. The third kappa shape index (κ3) is 7.55. The zero-order valence-electron chi connectivity index (χ0n) is 28.5. The summed E-state index contributed by atoms with van der Waals surface area (Å²) < 4.78 is 67.1. The van der Waals surface area contributed by atoms with E-state index < -0.39 is 22.3 Å². The summed E-state index contributed by atoms with van der Waals surface area (Å²) >= 11 is 0.805. The van der Waals surface area contributed by atoms with E-state index in [1.807, 2.05) is 6.07 Å². The Balaban J connectivity index is 1.11. The molecule has 2 aliphatic heterocycles. The van der Waals surface area contributed by atoms with Crippen LogP contribution in [0.25, 0.3) is 21.1 Å². The average molecular weight is 734 g/mol. The Morgan fingerprint density at radius 3 is 2.42 bits per heavy atom. The summed E-state index contributed by atoms with van der Waals surface area (Å²) in [6, 6.07) is 10.0. The largest absolute Gasteiger partial charge is 0.419 e. The minimum absolute atomic E-state index is 0.0529. The van der Waals surface area contributed by atoms with Gasteiger partial charge < -0.3 is 20.3 Å². The number of nitrogens with one attached hydrogen (secondary N) is 2. The molecule has 50 heavy (non-hydrogen) atoms. The van der Waals surface area contributed by atoms with Gasteiger partial charge in [0, 0.05) is 87.3 Å². The molecule has 12 nitrogen and oxygen atoms in total. The highest BCUT2D eigenvalue weighted by atomic mass is 32.2. The van der Waals surface area contributed by atoms with Crippen LogP contribution in [0.2, 0.25) is 0 Å². The van der Waals surface area contributed by atoms with Crippen molar-refractivity contribution in [2.75, 3.05) is 63.2 Å². The van der Waals surface area contributed by atoms with Crippen LogP contribution in [0, 0.1) is 18.3 Å². The first-order valence-corrected chi connectivity index (χ1v) is 19.3. The van der Waals surface area contributed by atoms with E-state index in [1.165, 1.54) is 22.2 Å². The van der Waals surface area contributed by atoms with Crippen LogP contribution in [0.15, 0.2) is 24.3 Å². The van der Waals surface area contributed by atoms with Gasteiger partial charge in [0.1, 0.15) is 22.4 Å². The Morgan fingerprint density at radius 1 is 1.10 bits per heavy atom. The van der Waals surface area contributed by atoms with Crippen LogP contribution in [0.1, 0.15) is 47.6 Å². The molecule has 17 heteroatoms. The minimum atomic E-state index is -4.77. The molecule has 5 heterocycles. The van der Waals surface area contributed by atoms with Crippen LogP contribution in [0.5, 0.6) is 0 Å². The molecule has 2 atom stereocenters. The fourth-order valence-corrected chi connectivity index (χ4v) is 8.83. The molecule has 2 fully saturated rings. The molecule has 0 unspecified atom stereocenters. The quantitative estimate of drug-likeness (QED) is 0.213. The van der Waals surface area contributed by atoms with Gasteiger partial charge in [0.25, 0.3) is 0 Å². The Kier molecular flexibility index (Phi) is 10.3. The van der Waals surface area contributed by atoms with Gasteiger partial charge in [-0.3, -0.25) is 9.80 Å². The van der Waals surface area contributed by atoms with Crippen molar-refractivity contribution in [3.05, 3.63) is 46.0 Å². The van der Waals surface area contributed by atoms with Crippen molar-refractivity contribution in [1.29, 1.82) is 5.26 Å². The highest BCUT2D eigenvalue weighted by molar-refractivity contribution is 7.88. The zero-order chi connectivity index (χ0) is 36.0. The maximum Gasteiger partial charge on any atom is 0.419 e. The third-order valence-electron chi connectivity index (χ3n) is 9.93. The number of aryl methyl sites for hydroxylation is 1. The van der Waals surface area contributed by atoms with Crippen molar-refractivity contribution < 1.29 is 26.7 Å². The van der Waals surface area contributed by atoms with E-state index in [1.54, 1.807) is 7.05 Å². The van der Waals surface area contributed by atoms with Crippen LogP contribution in [0.4, 0.5) is 24.9 Å². The summed E-state index contributed by atoms with van der Waals surface area (Å²) in [6.07, 6.45) is -4.51. The molecule has 1 aromatic carbocycles. The van der Waals surface area contributed by atoms with Gasteiger partial charge >= 0.3 is 6.18 Å². The number of rotatable bonds is 10. The predicted molar refractivity (Wildman–Crippen MR) is 189 cm³/mol. The number of piperidine rings is 1. The van der Waals surface area contributed by atoms with Crippen LogP contribution < -0.4 is 10.6 Å². The van der Waals surface area contributed by atoms with Gasteiger partial charge in [-0.2, -0.15) is 27.7 Å². The van der Waals surface area contributed by atoms with Crippen molar-refractivity contribution in [3.8, 4) is 6.07 Å². The lowest BCUT2D eigenvalue weighted by Crippen LogP contribution is -2.51. The first-order valence-electron chi connectivity index (χ1n) is 16.6. The normalized spacial score (nSPS) is 18.8. The van der Waals surface area contributed by atoms with Crippen LogP contribution in [-0.4, -0.2) is 113 Å². The molecule has 0 saturated carbocycles. The fraction of sp³-hybridized carbons (Fsp3) is 0.545. The number of sulfonamides is 1. The van der Waals surface area contributed by atoms with Gasteiger partial charge in [-0.25, -0.2) is 13.4 Å². The van der Waals surface area contributed by atoms with Gasteiger partial charge in [0.15, 0.2) is 6.10 Å². The standard InChI is InChI=1S/C33H42F3N9O3S2/c1-20(43-11-13-44(14-12-43)50(4,47)48)18-45-24(17-37)15-25-21(2)22(5-6-27(25)45)19-42-9-7-23(8-10-42)39-30-26-16-28(29(46)33(34,35)36)49-31(26)41-32(38-3)40-30/h5-6,15-16,20,23,29,46H,7-14,18-19H2,1-4H3,(H2,38,39,40,41)/t20-,29+/m0/s1. The highest BCUT2D eigenvalue weighted by Crippen LogP contribution is 2.40. The molecule has 270 valence electrons. The Labute approximate surface area is 293 Å². The van der Waals surface area contributed by atoms with Crippen LogP contribution >= 0.6 is 11.3 Å². The van der Waals surface area contributed by atoms with E-state index in [-0.39, 0.29) is 22.9 Å². The number of nitrogens with zero attached hydrogens (tertiary/aromatic N) is 7. The number of aliphatic hydroxyl groups is 1. The van der Waals surface area contributed by atoms with Crippen LogP contribution in [-0.2, 0) is 23.1 Å². The zero-order valence-corrected chi connectivity index (χ0v) is 30.1. The summed E-state index contributed by atoms with van der Waals surface area (Å²) in [5.41, 5.74) is 3.91. The van der Waals surface area contributed by atoms with Gasteiger partial charge in [0.05, 0.1) is 11.6 Å². The molecule has 0 radical (unpaired) electrons. The van der Waals surface area contributed by atoms with Gasteiger partial charge in [-0.1, -0.05) is 6.07 Å². The number of piperazine rings is 1. The SMILES string of the molecule is CNc1nc(NC2CCN(Cc3ccc4c(cc(C#N)n4C[C@H](C)N4CCN(S(C)(=O)=O)CC4)c3C)CC2)c2cc([C@@H](O)C(F)(F)F)sc2n1. The summed E-state index contributed by atoms with van der Waals surface area (Å²) in [6.45, 7) is 9.40. The number of hydrogen-bond donors (Lipinski definition) is 3. The molecule has 0 amide bonds. The molecule has 0 bridgehead atoms. The van der Waals surface area contributed by atoms with E-state index >= 15 is 0 Å². The number of benzene rings is 1. The van der Waals surface area contributed by atoms with E-state index in [0.717, 1.165) is 60.3 Å². The number of thiophene rings is 1. The number of alkyl halides is 3. The van der Waals surface area contributed by atoms with Crippen LogP contribution in [0.3, 0.4) is 0 Å². The minimum Gasteiger partial charge on any atom is -0.379 e. The van der Waals surface area contributed by atoms with Crippen molar-refractivity contribution in [2.24, 2.45) is 0 Å². The number of likely N-dealkylation sites (tertiary alicyclic amines) is 1. The van der Waals surface area contributed by atoms with Crippen molar-refractivity contribution in [1.82, 2.24) is 28.6 Å². The van der Waals surface area contributed by atoms with Crippen molar-refractivity contribution in [2.45, 2.75) is 64.1 Å². The summed E-state index contributed by atoms with van der Waals surface area (Å²) in [7, 11) is -1.56. The lowest BCUT2D eigenvalue weighted by molar-refractivity contribution is -0.205. The molecular formula is C33H42F3N9O3S2. The second-order valence-corrected chi connectivity index (χ2v) is 16.3. The second kappa shape index (κ2) is 14.2. The van der Waals surface area contributed by atoms with Gasteiger partial charge in [-0.05, 0) is 56.0 Å². The predicted octanol–water partition coefficient (Wildman–Crippen LogP) is 4.51. The van der Waals surface area contributed by atoms with E-state index in [9.17, 15) is 32.0 Å². The monoisotopic (exact) mass is 733 g/mol. The second-order valence-electron chi connectivity index (χ2n) is 13.2. The number of halogens is 3. The Morgan fingerprint density at radius 2 is 1.80 bits per heavy atom. The van der Waals surface area contributed by atoms with Crippen molar-refractivity contribution >= 4 is 54.2 Å². The summed E-state index contributed by atoms with van der Waals surface area (Å²) in [5, 5.41) is 27.6. The fourth-order valence-electron chi connectivity index (χ4n) is 6.97. The summed E-state index contributed by atoms with van der Waals surface area (Å²) in [4.78, 5) is 13.6. The molecular weight excluding hydrogens is 692 g/mol. The number of anilines is 2. The van der Waals surface area contributed by atoms with E-state index in [4.69, 9.17) is 0 Å². The molecule has 2 saturated heterocycles. The molecule has 3 aromatic heterocycles. The highest BCUT2D eigenvalue weighted by Gasteiger charge is 2.41. The molecule has 3 N–H and O–H groups in total. The Hall–Kier alpha value is -3.53. The van der Waals surface area contributed by atoms with E-state index in [0.29, 0.717) is 54.5 Å².